The third kappa shape index (κ3) is 3.86. The van der Waals surface area contributed by atoms with E-state index in [4.69, 9.17) is 9.40 Å². The van der Waals surface area contributed by atoms with Crippen LogP contribution in [0.5, 0.6) is 0 Å². The minimum Gasteiger partial charge on any atom is -0.472 e. The lowest BCUT2D eigenvalue weighted by Gasteiger charge is -2.26. The van der Waals surface area contributed by atoms with Gasteiger partial charge in [-0.1, -0.05) is 6.42 Å². The van der Waals surface area contributed by atoms with Gasteiger partial charge in [0.05, 0.1) is 35.1 Å². The van der Waals surface area contributed by atoms with Gasteiger partial charge in [0.1, 0.15) is 22.6 Å². The fraction of sp³-hybridized carbons (Fsp3) is 0.222. The van der Waals surface area contributed by atoms with Gasteiger partial charge in [-0.3, -0.25) is 25.0 Å². The fourth-order valence-corrected chi connectivity index (χ4v) is 5.09. The number of nitrogens with one attached hydrogen (secondary N) is 2. The Morgan fingerprint density at radius 1 is 0.946 bits per heavy atom. The molecule has 0 spiro atoms. The van der Waals surface area contributed by atoms with Crippen LogP contribution in [-0.2, 0) is 6.54 Å². The Morgan fingerprint density at radius 3 is 2.73 bits per heavy atom. The van der Waals surface area contributed by atoms with Crippen LogP contribution in [0.2, 0.25) is 0 Å². The van der Waals surface area contributed by atoms with Crippen molar-refractivity contribution in [1.82, 2.24) is 40.0 Å². The SMILES string of the molecule is Fc1c(-c2cncc(CN3CCCCC3)c2)ncc2[nH]nc(-c3nc4c(-c5ccoc5)nccc4[nH]3)c12. The first-order valence-corrected chi connectivity index (χ1v) is 12.3. The van der Waals surface area contributed by atoms with Crippen molar-refractivity contribution in [2.75, 3.05) is 13.1 Å². The maximum atomic E-state index is 16.1. The molecule has 6 aromatic rings. The molecule has 184 valence electrons. The van der Waals surface area contributed by atoms with Gasteiger partial charge >= 0.3 is 0 Å². The summed E-state index contributed by atoms with van der Waals surface area (Å²) in [6.45, 7) is 2.96. The summed E-state index contributed by atoms with van der Waals surface area (Å²) in [6, 6.07) is 5.63. The number of H-pyrrole nitrogens is 2. The first kappa shape index (κ1) is 21.8. The summed E-state index contributed by atoms with van der Waals surface area (Å²) in [6.07, 6.45) is 13.7. The molecule has 6 aromatic heterocycles. The number of imidazole rings is 1. The van der Waals surface area contributed by atoms with Crippen LogP contribution in [-0.4, -0.2) is 53.1 Å². The lowest BCUT2D eigenvalue weighted by Crippen LogP contribution is -2.29. The van der Waals surface area contributed by atoms with E-state index >= 15 is 4.39 Å². The first-order chi connectivity index (χ1) is 18.2. The molecule has 7 rings (SSSR count). The molecular weight excluding hydrogens is 471 g/mol. The first-order valence-electron chi connectivity index (χ1n) is 12.3. The van der Waals surface area contributed by atoms with E-state index in [1.165, 1.54) is 19.3 Å². The van der Waals surface area contributed by atoms with Gasteiger partial charge in [-0.2, -0.15) is 5.10 Å². The molecule has 0 saturated carbocycles. The predicted octanol–water partition coefficient (Wildman–Crippen LogP) is 5.34. The highest BCUT2D eigenvalue weighted by Gasteiger charge is 2.22. The van der Waals surface area contributed by atoms with Crippen LogP contribution < -0.4 is 0 Å². The minimum absolute atomic E-state index is 0.236. The Bertz CT molecular complexity index is 1720. The zero-order valence-corrected chi connectivity index (χ0v) is 19.9. The number of nitrogens with zero attached hydrogens (tertiary/aromatic N) is 6. The van der Waals surface area contributed by atoms with Crippen LogP contribution in [0.25, 0.3) is 56.0 Å². The molecule has 9 nitrogen and oxygen atoms in total. The van der Waals surface area contributed by atoms with Crippen LogP contribution in [0, 0.1) is 5.82 Å². The number of fused-ring (bicyclic) bond motifs is 2. The van der Waals surface area contributed by atoms with Crippen molar-refractivity contribution < 1.29 is 8.81 Å². The van der Waals surface area contributed by atoms with Crippen molar-refractivity contribution in [2.24, 2.45) is 0 Å². The summed E-state index contributed by atoms with van der Waals surface area (Å²) in [5, 5.41) is 7.60. The maximum absolute atomic E-state index is 16.1. The third-order valence-corrected chi connectivity index (χ3v) is 6.89. The Balaban J connectivity index is 1.30. The van der Waals surface area contributed by atoms with Crippen molar-refractivity contribution in [3.05, 3.63) is 66.9 Å². The molecule has 0 amide bonds. The van der Waals surface area contributed by atoms with Crippen LogP contribution >= 0.6 is 0 Å². The number of rotatable bonds is 5. The number of likely N-dealkylation sites (tertiary alicyclic amines) is 1. The Labute approximate surface area is 210 Å². The summed E-state index contributed by atoms with van der Waals surface area (Å²) in [7, 11) is 0. The molecule has 10 heteroatoms. The second-order valence-corrected chi connectivity index (χ2v) is 9.35. The molecule has 0 bridgehead atoms. The van der Waals surface area contributed by atoms with Gasteiger partial charge in [0, 0.05) is 36.3 Å². The number of piperidine rings is 1. The van der Waals surface area contributed by atoms with Crippen molar-refractivity contribution in [3.8, 4) is 34.0 Å². The van der Waals surface area contributed by atoms with Crippen molar-refractivity contribution in [3.63, 3.8) is 0 Å². The summed E-state index contributed by atoms with van der Waals surface area (Å²) in [5.74, 6) is -0.0289. The fourth-order valence-electron chi connectivity index (χ4n) is 5.09. The second-order valence-electron chi connectivity index (χ2n) is 9.35. The van der Waals surface area contributed by atoms with Gasteiger partial charge in [-0.05, 0) is 49.7 Å². The molecule has 1 aliphatic rings. The number of aromatic nitrogens is 7. The lowest BCUT2D eigenvalue weighted by molar-refractivity contribution is 0.220. The zero-order chi connectivity index (χ0) is 24.8. The average Bonchev–Trinajstić information content (AvgIpc) is 3.69. The van der Waals surface area contributed by atoms with Gasteiger partial charge in [-0.15, -0.1) is 0 Å². The minimum atomic E-state index is -0.466. The van der Waals surface area contributed by atoms with Crippen LogP contribution in [0.4, 0.5) is 4.39 Å². The van der Waals surface area contributed by atoms with Gasteiger partial charge in [0.15, 0.2) is 11.6 Å². The van der Waals surface area contributed by atoms with E-state index in [0.717, 1.165) is 36.3 Å². The highest BCUT2D eigenvalue weighted by atomic mass is 19.1. The molecule has 0 radical (unpaired) electrons. The normalized spacial score (nSPS) is 14.6. The predicted molar refractivity (Wildman–Crippen MR) is 137 cm³/mol. The molecular formula is C27H23FN8O. The van der Waals surface area contributed by atoms with Crippen LogP contribution in [0.3, 0.4) is 0 Å². The van der Waals surface area contributed by atoms with E-state index in [-0.39, 0.29) is 5.69 Å². The van der Waals surface area contributed by atoms with Crippen LogP contribution in [0.15, 0.2) is 59.9 Å². The molecule has 0 atom stereocenters. The smallest absolute Gasteiger partial charge is 0.161 e. The molecule has 1 aliphatic heterocycles. The quantitative estimate of drug-likeness (QED) is 0.332. The molecule has 1 saturated heterocycles. The second kappa shape index (κ2) is 8.90. The number of furan rings is 1. The summed E-state index contributed by atoms with van der Waals surface area (Å²) in [4.78, 5) is 23.7. The van der Waals surface area contributed by atoms with Crippen molar-refractivity contribution >= 4 is 21.9 Å². The third-order valence-electron chi connectivity index (χ3n) is 6.89. The Morgan fingerprint density at radius 2 is 1.86 bits per heavy atom. The van der Waals surface area contributed by atoms with Gasteiger partial charge in [0.25, 0.3) is 0 Å². The number of aromatic amines is 2. The van der Waals surface area contributed by atoms with E-state index < -0.39 is 5.82 Å². The van der Waals surface area contributed by atoms with Crippen molar-refractivity contribution in [1.29, 1.82) is 0 Å². The molecule has 1 fully saturated rings. The topological polar surface area (TPSA) is 112 Å². The van der Waals surface area contributed by atoms with E-state index in [2.05, 4.69) is 35.0 Å². The molecule has 7 heterocycles. The van der Waals surface area contributed by atoms with E-state index in [0.29, 0.717) is 39.2 Å². The maximum Gasteiger partial charge on any atom is 0.161 e. The van der Waals surface area contributed by atoms with Gasteiger partial charge < -0.3 is 9.40 Å². The van der Waals surface area contributed by atoms with Crippen molar-refractivity contribution in [2.45, 2.75) is 25.8 Å². The molecule has 2 N–H and O–H groups in total. The summed E-state index contributed by atoms with van der Waals surface area (Å²) >= 11 is 0. The monoisotopic (exact) mass is 494 g/mol. The molecule has 0 unspecified atom stereocenters. The standard InChI is InChI=1S/C27H23FN8O/c28-22-21-20(13-31-23(22)18-10-16(11-29-12-18)14-36-7-2-1-3-8-36)34-35-26(21)27-32-19-4-6-30-24(25(19)33-27)17-5-9-37-15-17/h4-6,9-13,15H,1-3,7-8,14H2,(H,32,33)(H,34,35). The van der Waals surface area contributed by atoms with Gasteiger partial charge in [-0.25, -0.2) is 9.37 Å². The Hall–Kier alpha value is -4.44. The highest BCUT2D eigenvalue weighted by molar-refractivity contribution is 5.97. The number of pyridine rings is 3. The largest absolute Gasteiger partial charge is 0.472 e. The zero-order valence-electron chi connectivity index (χ0n) is 19.9. The summed E-state index contributed by atoms with van der Waals surface area (Å²) < 4.78 is 21.3. The van der Waals surface area contributed by atoms with Crippen LogP contribution in [0.1, 0.15) is 24.8 Å². The lowest BCUT2D eigenvalue weighted by atomic mass is 10.1. The number of hydrogen-bond acceptors (Lipinski definition) is 7. The van der Waals surface area contributed by atoms with Gasteiger partial charge in [0.2, 0.25) is 0 Å². The molecule has 0 aromatic carbocycles. The van der Waals surface area contributed by atoms with E-state index in [1.54, 1.807) is 31.1 Å². The average molecular weight is 495 g/mol. The Kier molecular flexibility index (Phi) is 5.24. The van der Waals surface area contributed by atoms with E-state index in [9.17, 15) is 0 Å². The van der Waals surface area contributed by atoms with E-state index in [1.807, 2.05) is 24.4 Å². The summed E-state index contributed by atoms with van der Waals surface area (Å²) in [5.41, 5.74) is 5.69. The molecule has 37 heavy (non-hydrogen) atoms. The molecule has 0 aliphatic carbocycles. The highest BCUT2D eigenvalue weighted by Crippen LogP contribution is 2.34. The number of halogens is 1. The number of hydrogen-bond donors (Lipinski definition) is 2.